The minimum atomic E-state index is -0.00450. The smallest absolute Gasteiger partial charge is 0.254 e. The van der Waals surface area contributed by atoms with Gasteiger partial charge in [-0.3, -0.25) is 9.59 Å². The fourth-order valence-electron chi connectivity index (χ4n) is 2.66. The van der Waals surface area contributed by atoms with Gasteiger partial charge in [0.2, 0.25) is 5.91 Å². The molecule has 2 aliphatic heterocycles. The molecule has 5 nitrogen and oxygen atoms in total. The molecular weight excluding hydrogens is 242 g/mol. The molecule has 1 saturated heterocycles. The van der Waals surface area contributed by atoms with Gasteiger partial charge in [-0.05, 0) is 24.6 Å². The first-order chi connectivity index (χ1) is 9.15. The number of hydrogen-bond acceptors (Lipinski definition) is 3. The standard InChI is InChI=1S/C14H17N3O2/c1-9-8-15-4-5-17(9)14(19)11-3-2-10-7-13(18)16-12(10)6-11/h2-3,6,9,15H,4-5,7-8H2,1H3,(H,16,18)/t9-/m1/s1. The number of piperazine rings is 1. The highest BCUT2D eigenvalue weighted by atomic mass is 16.2. The summed E-state index contributed by atoms with van der Waals surface area (Å²) in [5.41, 5.74) is 2.39. The summed E-state index contributed by atoms with van der Waals surface area (Å²) in [6.07, 6.45) is 0.411. The number of carbonyl (C=O) groups is 2. The van der Waals surface area contributed by atoms with E-state index in [9.17, 15) is 9.59 Å². The third kappa shape index (κ3) is 2.21. The molecule has 0 aliphatic carbocycles. The Morgan fingerprint density at radius 3 is 3.05 bits per heavy atom. The van der Waals surface area contributed by atoms with Crippen molar-refractivity contribution in [2.75, 3.05) is 25.0 Å². The van der Waals surface area contributed by atoms with Crippen LogP contribution in [0.2, 0.25) is 0 Å². The normalized spacial score (nSPS) is 22.1. The van der Waals surface area contributed by atoms with Gasteiger partial charge in [-0.15, -0.1) is 0 Å². The zero-order valence-corrected chi connectivity index (χ0v) is 10.9. The van der Waals surface area contributed by atoms with Crippen LogP contribution in [0.3, 0.4) is 0 Å². The molecule has 0 aromatic heterocycles. The van der Waals surface area contributed by atoms with Crippen LogP contribution in [0, 0.1) is 0 Å². The highest BCUT2D eigenvalue weighted by Crippen LogP contribution is 2.25. The number of anilines is 1. The lowest BCUT2D eigenvalue weighted by molar-refractivity contribution is -0.115. The second kappa shape index (κ2) is 4.66. The molecule has 1 fully saturated rings. The predicted molar refractivity (Wildman–Crippen MR) is 72.1 cm³/mol. The van der Waals surface area contributed by atoms with Crippen molar-refractivity contribution in [3.8, 4) is 0 Å². The van der Waals surface area contributed by atoms with Crippen molar-refractivity contribution in [2.24, 2.45) is 0 Å². The van der Waals surface area contributed by atoms with E-state index in [2.05, 4.69) is 10.6 Å². The van der Waals surface area contributed by atoms with Crippen molar-refractivity contribution < 1.29 is 9.59 Å². The molecule has 3 rings (SSSR count). The Labute approximate surface area is 112 Å². The maximum absolute atomic E-state index is 12.5. The van der Waals surface area contributed by atoms with Crippen LogP contribution in [-0.4, -0.2) is 42.4 Å². The van der Waals surface area contributed by atoms with Crippen molar-refractivity contribution in [3.63, 3.8) is 0 Å². The third-order valence-electron chi connectivity index (χ3n) is 3.74. The third-order valence-corrected chi connectivity index (χ3v) is 3.74. The highest BCUT2D eigenvalue weighted by Gasteiger charge is 2.25. The molecule has 2 N–H and O–H groups in total. The molecule has 5 heteroatoms. The van der Waals surface area contributed by atoms with E-state index in [-0.39, 0.29) is 17.9 Å². The number of nitrogens with one attached hydrogen (secondary N) is 2. The van der Waals surface area contributed by atoms with Gasteiger partial charge in [0.15, 0.2) is 0 Å². The van der Waals surface area contributed by atoms with Gasteiger partial charge < -0.3 is 15.5 Å². The Kier molecular flexibility index (Phi) is 2.98. The first-order valence-electron chi connectivity index (χ1n) is 6.59. The van der Waals surface area contributed by atoms with Crippen LogP contribution in [-0.2, 0) is 11.2 Å². The monoisotopic (exact) mass is 259 g/mol. The Morgan fingerprint density at radius 2 is 2.26 bits per heavy atom. The predicted octanol–water partition coefficient (Wildman–Crippen LogP) is 0.615. The zero-order chi connectivity index (χ0) is 13.4. The number of nitrogens with zero attached hydrogens (tertiary/aromatic N) is 1. The summed E-state index contributed by atoms with van der Waals surface area (Å²) in [5.74, 6) is 0.0353. The van der Waals surface area contributed by atoms with Crippen molar-refractivity contribution in [1.82, 2.24) is 10.2 Å². The number of rotatable bonds is 1. The van der Waals surface area contributed by atoms with Gasteiger partial charge >= 0.3 is 0 Å². The van der Waals surface area contributed by atoms with Crippen molar-refractivity contribution in [3.05, 3.63) is 29.3 Å². The second-order valence-electron chi connectivity index (χ2n) is 5.15. The maximum atomic E-state index is 12.5. The molecule has 1 aromatic carbocycles. The highest BCUT2D eigenvalue weighted by molar-refractivity contribution is 6.02. The van der Waals surface area contributed by atoms with Crippen LogP contribution in [0.1, 0.15) is 22.8 Å². The zero-order valence-electron chi connectivity index (χ0n) is 10.9. The van der Waals surface area contributed by atoms with E-state index in [1.165, 1.54) is 0 Å². The van der Waals surface area contributed by atoms with Gasteiger partial charge in [0.05, 0.1) is 6.42 Å². The fraction of sp³-hybridized carbons (Fsp3) is 0.429. The number of carbonyl (C=O) groups excluding carboxylic acids is 2. The number of benzene rings is 1. The van der Waals surface area contributed by atoms with E-state index in [1.54, 1.807) is 6.07 Å². The van der Waals surface area contributed by atoms with Gasteiger partial charge in [0, 0.05) is 36.9 Å². The van der Waals surface area contributed by atoms with Crippen LogP contribution in [0.5, 0.6) is 0 Å². The Bertz CT molecular complexity index is 541. The quantitative estimate of drug-likeness (QED) is 0.777. The van der Waals surface area contributed by atoms with E-state index in [4.69, 9.17) is 0 Å². The molecule has 2 heterocycles. The van der Waals surface area contributed by atoms with Gasteiger partial charge in [-0.1, -0.05) is 6.07 Å². The molecule has 0 spiro atoms. The molecule has 1 aromatic rings. The topological polar surface area (TPSA) is 61.4 Å². The van der Waals surface area contributed by atoms with Crippen molar-refractivity contribution in [1.29, 1.82) is 0 Å². The average molecular weight is 259 g/mol. The Morgan fingerprint density at radius 1 is 1.42 bits per heavy atom. The molecule has 0 bridgehead atoms. The lowest BCUT2D eigenvalue weighted by Gasteiger charge is -2.34. The molecule has 0 radical (unpaired) electrons. The number of fused-ring (bicyclic) bond motifs is 1. The molecular formula is C14H17N3O2. The summed E-state index contributed by atoms with van der Waals surface area (Å²) < 4.78 is 0. The lowest BCUT2D eigenvalue weighted by atomic mass is 10.1. The summed E-state index contributed by atoms with van der Waals surface area (Å²) in [4.78, 5) is 25.7. The first-order valence-corrected chi connectivity index (χ1v) is 6.59. The Balaban J connectivity index is 1.84. The Hall–Kier alpha value is -1.88. The molecule has 19 heavy (non-hydrogen) atoms. The van der Waals surface area contributed by atoms with Crippen LogP contribution in [0.15, 0.2) is 18.2 Å². The van der Waals surface area contributed by atoms with E-state index in [0.29, 0.717) is 12.0 Å². The van der Waals surface area contributed by atoms with Crippen molar-refractivity contribution >= 4 is 17.5 Å². The van der Waals surface area contributed by atoms with Gasteiger partial charge in [0.25, 0.3) is 5.91 Å². The van der Waals surface area contributed by atoms with Crippen LogP contribution >= 0.6 is 0 Å². The molecule has 1 atom stereocenters. The van der Waals surface area contributed by atoms with Gasteiger partial charge in [0.1, 0.15) is 0 Å². The summed E-state index contributed by atoms with van der Waals surface area (Å²) >= 11 is 0. The van der Waals surface area contributed by atoms with Crippen LogP contribution in [0.25, 0.3) is 0 Å². The maximum Gasteiger partial charge on any atom is 0.254 e. The van der Waals surface area contributed by atoms with Gasteiger partial charge in [-0.2, -0.15) is 0 Å². The first kappa shape index (κ1) is 12.2. The minimum absolute atomic E-state index is 0.00450. The van der Waals surface area contributed by atoms with Crippen LogP contribution < -0.4 is 10.6 Å². The van der Waals surface area contributed by atoms with Gasteiger partial charge in [-0.25, -0.2) is 0 Å². The molecule has 2 amide bonds. The summed E-state index contributed by atoms with van der Waals surface area (Å²) in [6.45, 7) is 4.42. The minimum Gasteiger partial charge on any atom is -0.333 e. The lowest BCUT2D eigenvalue weighted by Crippen LogP contribution is -2.52. The summed E-state index contributed by atoms with van der Waals surface area (Å²) in [7, 11) is 0. The van der Waals surface area contributed by atoms with Crippen LogP contribution in [0.4, 0.5) is 5.69 Å². The number of amides is 2. The molecule has 100 valence electrons. The van der Waals surface area contributed by atoms with E-state index >= 15 is 0 Å². The SMILES string of the molecule is C[C@@H]1CNCCN1C(=O)c1ccc2c(c1)NC(=O)C2. The summed E-state index contributed by atoms with van der Waals surface area (Å²) in [5, 5.41) is 6.05. The van der Waals surface area contributed by atoms with E-state index in [0.717, 1.165) is 30.9 Å². The summed E-state index contributed by atoms with van der Waals surface area (Å²) in [6, 6.07) is 5.67. The molecule has 2 aliphatic rings. The van der Waals surface area contributed by atoms with E-state index < -0.39 is 0 Å². The van der Waals surface area contributed by atoms with Crippen molar-refractivity contribution in [2.45, 2.75) is 19.4 Å². The second-order valence-corrected chi connectivity index (χ2v) is 5.15. The van der Waals surface area contributed by atoms with E-state index in [1.807, 2.05) is 24.0 Å². The molecule has 0 unspecified atom stereocenters. The molecule has 0 saturated carbocycles. The fourth-order valence-corrected chi connectivity index (χ4v) is 2.66. The number of hydrogen-bond donors (Lipinski definition) is 2. The average Bonchev–Trinajstić information content (AvgIpc) is 2.77. The largest absolute Gasteiger partial charge is 0.333 e.